The molecule has 190 valence electrons. The molecule has 0 spiro atoms. The zero-order chi connectivity index (χ0) is 26.1. The summed E-state index contributed by atoms with van der Waals surface area (Å²) < 4.78 is 52.2. The number of aromatic nitrogens is 2. The fourth-order valence-corrected chi connectivity index (χ4v) is 3.41. The van der Waals surface area contributed by atoms with Crippen LogP contribution < -0.4 is 9.47 Å². The van der Waals surface area contributed by atoms with Crippen LogP contribution in [0.2, 0.25) is 0 Å². The number of rotatable bonds is 13. The minimum atomic E-state index is -4.79. The van der Waals surface area contributed by atoms with Crippen molar-refractivity contribution in [3.8, 4) is 23.0 Å². The Balaban J connectivity index is 1.71. The number of nitrogens with zero attached hydrogens (tertiary/aromatic N) is 3. The molecule has 1 heterocycles. The Morgan fingerprint density at radius 2 is 1.89 bits per heavy atom. The number of hydrogen-bond acceptors (Lipinski definition) is 8. The number of allylic oxidation sites excluding steroid dienone is 1. The first-order valence-corrected chi connectivity index (χ1v) is 10.9. The summed E-state index contributed by atoms with van der Waals surface area (Å²) >= 11 is 0. The van der Waals surface area contributed by atoms with Crippen LogP contribution in [0.15, 0.2) is 59.5 Å². The van der Waals surface area contributed by atoms with Crippen molar-refractivity contribution in [1.29, 1.82) is 0 Å². The Labute approximate surface area is 205 Å². The third-order valence-corrected chi connectivity index (χ3v) is 5.25. The highest BCUT2D eigenvalue weighted by Gasteiger charge is 2.31. The smallest absolute Gasteiger partial charge is 0.483 e. The Morgan fingerprint density at radius 1 is 1.14 bits per heavy atom. The largest absolute Gasteiger partial charge is 0.573 e. The van der Waals surface area contributed by atoms with E-state index in [4.69, 9.17) is 9.15 Å². The van der Waals surface area contributed by atoms with Crippen LogP contribution in [-0.2, 0) is 17.9 Å². The summed E-state index contributed by atoms with van der Waals surface area (Å²) in [5.74, 6) is 0.245. The van der Waals surface area contributed by atoms with Crippen LogP contribution >= 0.6 is 0 Å². The first-order chi connectivity index (χ1) is 17.2. The molecule has 2 aromatic carbocycles. The Kier molecular flexibility index (Phi) is 8.96. The van der Waals surface area contributed by atoms with E-state index in [-0.39, 0.29) is 36.7 Å². The second kappa shape index (κ2) is 12.1. The molecule has 0 N–H and O–H groups in total. The third kappa shape index (κ3) is 7.25. The van der Waals surface area contributed by atoms with Gasteiger partial charge in [0.05, 0.1) is 6.04 Å². The van der Waals surface area contributed by atoms with Gasteiger partial charge in [0.15, 0.2) is 12.9 Å². The van der Waals surface area contributed by atoms with Gasteiger partial charge in [0.25, 0.3) is 5.89 Å². The lowest BCUT2D eigenvalue weighted by Gasteiger charge is -2.25. The number of halogens is 3. The highest BCUT2D eigenvalue weighted by molar-refractivity contribution is 5.78. The van der Waals surface area contributed by atoms with Crippen molar-refractivity contribution in [1.82, 2.24) is 15.1 Å². The summed E-state index contributed by atoms with van der Waals surface area (Å²) in [6.45, 7) is 3.84. The highest BCUT2D eigenvalue weighted by atomic mass is 19.4. The molecule has 1 unspecified atom stereocenters. The van der Waals surface area contributed by atoms with Crippen LogP contribution in [0.25, 0.3) is 11.5 Å². The molecular weight excluding hydrogens is 479 g/mol. The predicted octanol–water partition coefficient (Wildman–Crippen LogP) is 4.99. The summed E-state index contributed by atoms with van der Waals surface area (Å²) in [4.78, 5) is 25.0. The van der Waals surface area contributed by atoms with Gasteiger partial charge in [-0.1, -0.05) is 18.2 Å². The molecule has 1 atom stereocenters. The maximum atomic E-state index is 12.3. The van der Waals surface area contributed by atoms with Crippen LogP contribution in [0.3, 0.4) is 0 Å². The van der Waals surface area contributed by atoms with Gasteiger partial charge in [0.1, 0.15) is 17.8 Å². The van der Waals surface area contributed by atoms with E-state index in [2.05, 4.69) is 21.5 Å². The van der Waals surface area contributed by atoms with Gasteiger partial charge in [0.2, 0.25) is 5.89 Å². The van der Waals surface area contributed by atoms with Crippen molar-refractivity contribution >= 4 is 12.6 Å². The molecule has 0 radical (unpaired) electrons. The second-order valence-corrected chi connectivity index (χ2v) is 7.79. The Bertz CT molecular complexity index is 1180. The fraction of sp³-hybridized carbons (Fsp3) is 0.280. The van der Waals surface area contributed by atoms with E-state index in [1.54, 1.807) is 31.3 Å². The molecule has 3 aromatic rings. The van der Waals surface area contributed by atoms with Crippen molar-refractivity contribution < 1.29 is 36.7 Å². The molecule has 3 rings (SSSR count). The molecule has 11 heteroatoms. The summed E-state index contributed by atoms with van der Waals surface area (Å²) in [5.41, 5.74) is 1.41. The summed E-state index contributed by atoms with van der Waals surface area (Å²) in [7, 11) is 1.78. The van der Waals surface area contributed by atoms with Crippen LogP contribution in [0.1, 0.15) is 34.7 Å². The van der Waals surface area contributed by atoms with Crippen LogP contribution in [0.5, 0.6) is 11.5 Å². The van der Waals surface area contributed by atoms with Crippen LogP contribution in [0.4, 0.5) is 13.2 Å². The summed E-state index contributed by atoms with van der Waals surface area (Å²) in [5, 5.41) is 7.81. The molecule has 0 fully saturated rings. The lowest BCUT2D eigenvalue weighted by Crippen LogP contribution is -2.32. The van der Waals surface area contributed by atoms with Gasteiger partial charge in [-0.05, 0) is 50.2 Å². The van der Waals surface area contributed by atoms with Crippen molar-refractivity contribution in [2.24, 2.45) is 0 Å². The fourth-order valence-electron chi connectivity index (χ4n) is 3.41. The van der Waals surface area contributed by atoms with E-state index < -0.39 is 6.36 Å². The summed E-state index contributed by atoms with van der Waals surface area (Å²) in [6.07, 6.45) is -0.213. The SMILES string of the molecule is C=CCCC(C=O)N(C)Cc1c(C=O)cccc1OCc1nnc(-c2ccc(OC(F)(F)F)cc2)o1. The van der Waals surface area contributed by atoms with Gasteiger partial charge in [-0.3, -0.25) is 9.69 Å². The van der Waals surface area contributed by atoms with E-state index >= 15 is 0 Å². The van der Waals surface area contributed by atoms with E-state index in [0.29, 0.717) is 41.6 Å². The van der Waals surface area contributed by atoms with E-state index in [1.165, 1.54) is 12.1 Å². The average molecular weight is 503 g/mol. The van der Waals surface area contributed by atoms with E-state index in [1.807, 2.05) is 4.90 Å². The third-order valence-electron chi connectivity index (χ3n) is 5.25. The van der Waals surface area contributed by atoms with Crippen LogP contribution in [0, 0.1) is 0 Å². The first kappa shape index (κ1) is 26.6. The molecule has 0 saturated carbocycles. The van der Waals surface area contributed by atoms with E-state index in [0.717, 1.165) is 18.4 Å². The van der Waals surface area contributed by atoms with E-state index in [9.17, 15) is 22.8 Å². The lowest BCUT2D eigenvalue weighted by molar-refractivity contribution is -0.274. The molecule has 36 heavy (non-hydrogen) atoms. The molecule has 1 aromatic heterocycles. The number of aldehydes is 2. The topological polar surface area (TPSA) is 94.8 Å². The van der Waals surface area contributed by atoms with Crippen molar-refractivity contribution in [2.75, 3.05) is 7.05 Å². The average Bonchev–Trinajstić information content (AvgIpc) is 3.32. The molecular formula is C25H24F3N3O5. The Hall–Kier alpha value is -3.99. The van der Waals surface area contributed by atoms with Crippen molar-refractivity contribution in [2.45, 2.75) is 38.4 Å². The highest BCUT2D eigenvalue weighted by Crippen LogP contribution is 2.27. The lowest BCUT2D eigenvalue weighted by atomic mass is 10.0. The van der Waals surface area contributed by atoms with Gasteiger partial charge < -0.3 is 18.7 Å². The second-order valence-electron chi connectivity index (χ2n) is 7.79. The number of alkyl halides is 3. The minimum absolute atomic E-state index is 0.0878. The number of hydrogen-bond donors (Lipinski definition) is 0. The van der Waals surface area contributed by atoms with Crippen molar-refractivity contribution in [3.63, 3.8) is 0 Å². The molecule has 0 aliphatic carbocycles. The number of benzene rings is 2. The zero-order valence-corrected chi connectivity index (χ0v) is 19.4. The van der Waals surface area contributed by atoms with Gasteiger partial charge in [0, 0.05) is 23.2 Å². The van der Waals surface area contributed by atoms with Gasteiger partial charge >= 0.3 is 6.36 Å². The quantitative estimate of drug-likeness (QED) is 0.238. The molecule has 8 nitrogen and oxygen atoms in total. The van der Waals surface area contributed by atoms with Crippen LogP contribution in [-0.4, -0.2) is 47.1 Å². The minimum Gasteiger partial charge on any atom is -0.483 e. The molecule has 0 aliphatic heterocycles. The number of carbonyl (C=O) groups is 2. The maximum Gasteiger partial charge on any atom is 0.573 e. The number of ether oxygens (including phenoxy) is 2. The van der Waals surface area contributed by atoms with Gasteiger partial charge in [-0.2, -0.15) is 0 Å². The molecule has 0 aliphatic rings. The molecule has 0 saturated heterocycles. The van der Waals surface area contributed by atoms with Gasteiger partial charge in [-0.15, -0.1) is 29.9 Å². The van der Waals surface area contributed by atoms with Crippen molar-refractivity contribution in [3.05, 3.63) is 72.1 Å². The Morgan fingerprint density at radius 3 is 2.53 bits per heavy atom. The molecule has 0 bridgehead atoms. The first-order valence-electron chi connectivity index (χ1n) is 10.9. The number of carbonyl (C=O) groups excluding carboxylic acids is 2. The predicted molar refractivity (Wildman–Crippen MR) is 123 cm³/mol. The summed E-state index contributed by atoms with van der Waals surface area (Å²) in [6, 6.07) is 9.64. The van der Waals surface area contributed by atoms with Gasteiger partial charge in [-0.25, -0.2) is 0 Å². The molecule has 0 amide bonds. The maximum absolute atomic E-state index is 12.3. The normalized spacial score (nSPS) is 12.2. The monoisotopic (exact) mass is 503 g/mol. The number of likely N-dealkylation sites (N-methyl/N-ethyl adjacent to an activating group) is 1. The zero-order valence-electron chi connectivity index (χ0n) is 19.4. The standard InChI is InChI=1S/C25H24F3N3O5/c1-3-4-7-19(15-33)31(2)13-21-18(14-32)6-5-8-22(21)34-16-23-29-30-24(35-23)17-9-11-20(12-10-17)36-25(26,27)28/h3,5-6,8-12,14-15,19H,1,4,7,13,16H2,2H3.